The van der Waals surface area contributed by atoms with E-state index in [9.17, 15) is 0 Å². The van der Waals surface area contributed by atoms with Crippen LogP contribution >= 0.6 is 0 Å². The third-order valence-corrected chi connectivity index (χ3v) is 0. The Morgan fingerprint density at radius 2 is 0.857 bits per heavy atom. The van der Waals surface area contributed by atoms with Gasteiger partial charge in [-0.05, 0) is 0 Å². The van der Waals surface area contributed by atoms with Gasteiger partial charge in [0.1, 0.15) is 0 Å². The average Bonchev–Trinajstić information content (AvgIpc) is 0.722. The summed E-state index contributed by atoms with van der Waals surface area (Å²) in [6.45, 7) is 0. The van der Waals surface area contributed by atoms with Gasteiger partial charge in [-0.25, -0.2) is 0 Å². The van der Waals surface area contributed by atoms with E-state index in [4.69, 9.17) is 19.2 Å². The summed E-state index contributed by atoms with van der Waals surface area (Å²) in [5.74, 6) is 0. The van der Waals surface area contributed by atoms with Crippen LogP contribution in [0, 0.1) is 37.7 Å². The van der Waals surface area contributed by atoms with Crippen LogP contribution in [0.1, 0.15) is 0 Å². The van der Waals surface area contributed by atoms with Crippen LogP contribution in [0.4, 0.5) is 0 Å². The van der Waals surface area contributed by atoms with E-state index in [0.717, 1.165) is 0 Å². The van der Waals surface area contributed by atoms with Crippen molar-refractivity contribution in [3.63, 3.8) is 0 Å². The van der Waals surface area contributed by atoms with Crippen LogP contribution in [0.2, 0.25) is 0 Å². The zero-order valence-corrected chi connectivity index (χ0v) is 8.78. The minimum absolute atomic E-state index is 0. The molecule has 4 nitrogen and oxygen atoms in total. The normalized spacial score (nSPS) is 8.57. The smallest absolute Gasteiger partial charge is 0.894 e. The maximum Gasteiger partial charge on any atom is 3.00 e. The first-order valence-electron chi connectivity index (χ1n) is 0.816. The van der Waals surface area contributed by atoms with Gasteiger partial charge in [-0.1, -0.05) is 0 Å². The van der Waals surface area contributed by atoms with Crippen molar-refractivity contribution in [1.82, 2.24) is 0 Å². The third-order valence-electron chi connectivity index (χ3n) is 0. The monoisotopic (exact) mass is 346 g/mol. The van der Waals surface area contributed by atoms with E-state index in [0.29, 0.717) is 0 Å². The first-order chi connectivity index (χ1) is 2.00. The van der Waals surface area contributed by atoms with E-state index in [1.165, 1.54) is 0 Å². The molecule has 0 aromatic rings. The maximum atomic E-state index is 8.58. The number of hydrogen-bond donors (Lipinski definition) is 0. The zero-order valence-electron chi connectivity index (χ0n) is 3.01. The van der Waals surface area contributed by atoms with Crippen molar-refractivity contribution >= 4 is 9.05 Å². The Kier molecular flexibility index (Phi) is 15.1. The molecule has 0 aliphatic rings. The zero-order chi connectivity index (χ0) is 4.50. The van der Waals surface area contributed by atoms with Gasteiger partial charge in [-0.15, -0.1) is 0 Å². The molecule has 0 bridgehead atoms. The Hall–Kier alpha value is 2.42. The van der Waals surface area contributed by atoms with Crippen molar-refractivity contribution in [3.8, 4) is 0 Å². The van der Waals surface area contributed by atoms with Gasteiger partial charge in [-0.3, -0.25) is 0 Å². The molecule has 7 heteroatoms. The van der Waals surface area contributed by atoms with Gasteiger partial charge in [0.2, 0.25) is 0 Å². The fourth-order valence-electron chi connectivity index (χ4n) is 0. The Morgan fingerprint density at radius 1 is 0.857 bits per heavy atom. The van der Waals surface area contributed by atoms with Crippen LogP contribution in [0.5, 0.6) is 0 Å². The molecule has 0 saturated carbocycles. The largest absolute Gasteiger partial charge is 3.00 e. The molecule has 0 spiro atoms. The number of hydrogen-bond acceptors (Lipinski definition) is 4. The molecule has 0 saturated heterocycles. The Morgan fingerprint density at radius 3 is 0.857 bits per heavy atom. The van der Waals surface area contributed by atoms with Crippen molar-refractivity contribution in [2.24, 2.45) is 0 Å². The molecule has 0 rings (SSSR count). The quantitative estimate of drug-likeness (QED) is 0.410. The van der Waals surface area contributed by atoms with E-state index >= 15 is 0 Å². The third kappa shape index (κ3) is 59.2. The summed E-state index contributed by atoms with van der Waals surface area (Å²) in [4.78, 5) is 34.3. The molecular weight excluding hydrogens is 346 g/mol. The molecule has 40 valence electrons. The standard InChI is InChI=1S/Ho.O4Si.Y/c;1-5(2,3)4;/q+3;-4;+3. The molecule has 0 fully saturated rings. The van der Waals surface area contributed by atoms with Crippen LogP contribution in [-0.2, 0) is 32.7 Å². The Balaban J connectivity index is -0.0000000800. The summed E-state index contributed by atoms with van der Waals surface area (Å²) in [5, 5.41) is 0. The Bertz CT molecular complexity index is 27.2. The molecule has 0 atom stereocenters. The molecule has 0 aromatic heterocycles. The van der Waals surface area contributed by atoms with Crippen LogP contribution in [0.3, 0.4) is 0 Å². The van der Waals surface area contributed by atoms with Gasteiger partial charge in [0.05, 0.1) is 0 Å². The second-order valence-corrected chi connectivity index (χ2v) is 1.50. The molecule has 0 radical (unpaired) electrons. The topological polar surface area (TPSA) is 92.2 Å². The van der Waals surface area contributed by atoms with Gasteiger partial charge in [-0.2, -0.15) is 0 Å². The molecule has 0 aromatic carbocycles. The van der Waals surface area contributed by atoms with Crippen LogP contribution in [0.15, 0.2) is 0 Å². The van der Waals surface area contributed by atoms with Crippen molar-refractivity contribution in [3.05, 3.63) is 0 Å². The average molecular weight is 346 g/mol. The minimum atomic E-state index is -5.61. The van der Waals surface area contributed by atoms with E-state index in [-0.39, 0.29) is 70.4 Å². The van der Waals surface area contributed by atoms with Crippen LogP contribution in [0.25, 0.3) is 0 Å². The number of rotatable bonds is 0. The van der Waals surface area contributed by atoms with Crippen LogP contribution in [-0.4, -0.2) is 9.05 Å². The molecule has 0 unspecified atom stereocenters. The van der Waals surface area contributed by atoms with Gasteiger partial charge in [0.15, 0.2) is 0 Å². The molecule has 0 aliphatic carbocycles. The van der Waals surface area contributed by atoms with E-state index in [1.54, 1.807) is 0 Å². The summed E-state index contributed by atoms with van der Waals surface area (Å²) >= 11 is 0. The Labute approximate surface area is 96.9 Å². The molecule has 0 heterocycles. The van der Waals surface area contributed by atoms with Crippen LogP contribution < -0.4 is 19.2 Å². The predicted molar refractivity (Wildman–Crippen MR) is 5.75 cm³/mol. The van der Waals surface area contributed by atoms with Crippen molar-refractivity contribution in [1.29, 1.82) is 0 Å². The van der Waals surface area contributed by atoms with Crippen molar-refractivity contribution in [2.75, 3.05) is 0 Å². The SMILES string of the molecule is [Ho+3].[O-][Si]([O-])([O-])[O-].[Y+3]. The fraction of sp³-hybridized carbons (Fsp3) is 0. The van der Waals surface area contributed by atoms with Gasteiger partial charge >= 0.3 is 70.4 Å². The first-order valence-corrected chi connectivity index (χ1v) is 2.45. The van der Waals surface area contributed by atoms with E-state index in [2.05, 4.69) is 0 Å². The summed E-state index contributed by atoms with van der Waals surface area (Å²) in [7, 11) is -5.61. The molecule has 0 aliphatic heterocycles. The van der Waals surface area contributed by atoms with E-state index < -0.39 is 9.05 Å². The summed E-state index contributed by atoms with van der Waals surface area (Å²) in [6.07, 6.45) is 0. The second kappa shape index (κ2) is 6.54. The van der Waals surface area contributed by atoms with Gasteiger partial charge in [0.25, 0.3) is 0 Å². The fourth-order valence-corrected chi connectivity index (χ4v) is 0. The second-order valence-electron chi connectivity index (χ2n) is 0.500. The molecule has 7 heavy (non-hydrogen) atoms. The van der Waals surface area contributed by atoms with Crippen molar-refractivity contribution < 1.29 is 89.6 Å². The molecule has 0 N–H and O–H groups in total. The molecular formula is HoO4SiY+2. The maximum absolute atomic E-state index is 8.58. The predicted octanol–water partition coefficient (Wildman–Crippen LogP) is -5.14. The first kappa shape index (κ1) is 16.2. The summed E-state index contributed by atoms with van der Waals surface area (Å²) < 4.78 is 0. The summed E-state index contributed by atoms with van der Waals surface area (Å²) in [5.41, 5.74) is 0. The molecule has 0 amide bonds. The van der Waals surface area contributed by atoms with E-state index in [1.807, 2.05) is 0 Å². The van der Waals surface area contributed by atoms with Gasteiger partial charge < -0.3 is 28.2 Å². The minimum Gasteiger partial charge on any atom is -0.894 e. The van der Waals surface area contributed by atoms with Crippen molar-refractivity contribution in [2.45, 2.75) is 0 Å². The summed E-state index contributed by atoms with van der Waals surface area (Å²) in [6, 6.07) is 0. The van der Waals surface area contributed by atoms with Gasteiger partial charge in [0, 0.05) is 0 Å².